The first-order valence-electron chi connectivity index (χ1n) is 2.70. The summed E-state index contributed by atoms with van der Waals surface area (Å²) in [5.74, 6) is -1.99. The van der Waals surface area contributed by atoms with Crippen LogP contribution in [-0.2, 0) is 0 Å². The molecule has 0 saturated heterocycles. The van der Waals surface area contributed by atoms with Crippen molar-refractivity contribution in [2.75, 3.05) is 0 Å². The minimum Gasteiger partial charge on any atom is -0.204 e. The first kappa shape index (κ1) is 8.15. The van der Waals surface area contributed by atoms with Crippen molar-refractivity contribution in [2.24, 2.45) is 0 Å². The van der Waals surface area contributed by atoms with Crippen molar-refractivity contribution in [1.29, 1.82) is 5.26 Å². The van der Waals surface area contributed by atoms with Crippen molar-refractivity contribution >= 4 is 15.9 Å². The first-order valence-corrected chi connectivity index (χ1v) is 3.49. The number of hydrogen-bond donors (Lipinski definition) is 0. The van der Waals surface area contributed by atoms with Crippen LogP contribution in [0.15, 0.2) is 16.6 Å². The van der Waals surface area contributed by atoms with E-state index >= 15 is 0 Å². The number of nitrogens with zero attached hydrogens (tertiary/aromatic N) is 1. The molecule has 0 amide bonds. The fraction of sp³-hybridized carbons (Fsp3) is 0. The molecule has 0 aliphatic carbocycles. The Hall–Kier alpha value is -0.950. The fourth-order valence-electron chi connectivity index (χ4n) is 0.612. The summed E-state index contributed by atoms with van der Waals surface area (Å²) in [5.41, 5.74) is 0.0869. The zero-order valence-electron chi connectivity index (χ0n) is 5.24. The summed E-state index contributed by atoms with van der Waals surface area (Å²) in [6, 6.07) is 3.84. The van der Waals surface area contributed by atoms with Crippen molar-refractivity contribution in [3.05, 3.63) is 33.8 Å². The summed E-state index contributed by atoms with van der Waals surface area (Å²) < 4.78 is 24.9. The van der Waals surface area contributed by atoms with Gasteiger partial charge in [-0.1, -0.05) is 0 Å². The largest absolute Gasteiger partial charge is 0.204 e. The molecule has 0 saturated carbocycles. The lowest BCUT2D eigenvalue weighted by atomic mass is 10.2. The smallest absolute Gasteiger partial charge is 0.174 e. The molecule has 0 aliphatic heterocycles. The molecule has 1 nitrogen and oxygen atoms in total. The molecule has 0 spiro atoms. The quantitative estimate of drug-likeness (QED) is 0.614. The minimum atomic E-state index is -1.02. The lowest BCUT2D eigenvalue weighted by Gasteiger charge is -1.96. The molecule has 0 bridgehead atoms. The second kappa shape index (κ2) is 2.97. The van der Waals surface area contributed by atoms with E-state index in [-0.39, 0.29) is 10.0 Å². The Labute approximate surface area is 70.4 Å². The van der Waals surface area contributed by atoms with Gasteiger partial charge < -0.3 is 0 Å². The molecule has 11 heavy (non-hydrogen) atoms. The van der Waals surface area contributed by atoms with E-state index in [1.54, 1.807) is 6.07 Å². The summed E-state index contributed by atoms with van der Waals surface area (Å²) >= 11 is 2.75. The summed E-state index contributed by atoms with van der Waals surface area (Å²) in [6.45, 7) is 0. The van der Waals surface area contributed by atoms with Gasteiger partial charge in [0.2, 0.25) is 0 Å². The highest BCUT2D eigenvalue weighted by Gasteiger charge is 2.09. The Bertz CT molecular complexity index is 330. The summed E-state index contributed by atoms with van der Waals surface area (Å²) in [7, 11) is 0. The maximum Gasteiger partial charge on any atom is 0.174 e. The topological polar surface area (TPSA) is 23.8 Å². The Balaban J connectivity index is 3.40. The van der Waals surface area contributed by atoms with Crippen LogP contribution < -0.4 is 0 Å². The monoisotopic (exact) mass is 217 g/mol. The number of halogens is 3. The van der Waals surface area contributed by atoms with Gasteiger partial charge in [-0.3, -0.25) is 0 Å². The lowest BCUT2D eigenvalue weighted by Crippen LogP contribution is -1.88. The SMILES string of the molecule is N#Cc1ccc(F)c(F)c1Br. The van der Waals surface area contributed by atoms with E-state index in [4.69, 9.17) is 5.26 Å². The van der Waals surface area contributed by atoms with Gasteiger partial charge in [0, 0.05) is 0 Å². The van der Waals surface area contributed by atoms with Crippen molar-refractivity contribution in [3.63, 3.8) is 0 Å². The molecule has 0 radical (unpaired) electrons. The summed E-state index contributed by atoms with van der Waals surface area (Å²) in [5, 5.41) is 8.36. The highest BCUT2D eigenvalue weighted by atomic mass is 79.9. The summed E-state index contributed by atoms with van der Waals surface area (Å²) in [4.78, 5) is 0. The van der Waals surface area contributed by atoms with Crippen LogP contribution in [0.25, 0.3) is 0 Å². The zero-order valence-corrected chi connectivity index (χ0v) is 6.82. The van der Waals surface area contributed by atoms with Crippen molar-refractivity contribution < 1.29 is 8.78 Å². The van der Waals surface area contributed by atoms with Gasteiger partial charge in [0.05, 0.1) is 10.0 Å². The molecular formula is C7H2BrF2N. The van der Waals surface area contributed by atoms with Crippen LogP contribution in [0.4, 0.5) is 8.78 Å². The standard InChI is InChI=1S/C7H2BrF2N/c8-6-4(3-11)1-2-5(9)7(6)10/h1-2H. The van der Waals surface area contributed by atoms with Gasteiger partial charge in [-0.05, 0) is 28.1 Å². The molecule has 0 unspecified atom stereocenters. The molecule has 0 atom stereocenters. The van der Waals surface area contributed by atoms with Crippen molar-refractivity contribution in [3.8, 4) is 6.07 Å². The van der Waals surface area contributed by atoms with Gasteiger partial charge in [-0.15, -0.1) is 0 Å². The molecule has 56 valence electrons. The molecule has 4 heteroatoms. The third-order valence-electron chi connectivity index (χ3n) is 1.16. The van der Waals surface area contributed by atoms with Crippen molar-refractivity contribution in [1.82, 2.24) is 0 Å². The van der Waals surface area contributed by atoms with Crippen LogP contribution in [0.5, 0.6) is 0 Å². The van der Waals surface area contributed by atoms with Gasteiger partial charge in [0.25, 0.3) is 0 Å². The van der Waals surface area contributed by atoms with Crippen LogP contribution >= 0.6 is 15.9 Å². The Kier molecular flexibility index (Phi) is 2.20. The van der Waals surface area contributed by atoms with E-state index in [0.29, 0.717) is 0 Å². The van der Waals surface area contributed by atoms with E-state index in [9.17, 15) is 8.78 Å². The predicted molar refractivity (Wildman–Crippen MR) is 38.8 cm³/mol. The van der Waals surface area contributed by atoms with Gasteiger partial charge in [-0.2, -0.15) is 5.26 Å². The summed E-state index contributed by atoms with van der Waals surface area (Å²) in [6.07, 6.45) is 0. The van der Waals surface area contributed by atoms with Crippen LogP contribution in [-0.4, -0.2) is 0 Å². The average Bonchev–Trinajstić information content (AvgIpc) is 2.01. The third kappa shape index (κ3) is 1.38. The fourth-order valence-corrected chi connectivity index (χ4v) is 1.02. The maximum atomic E-state index is 12.6. The van der Waals surface area contributed by atoms with Crippen LogP contribution in [0.2, 0.25) is 0 Å². The van der Waals surface area contributed by atoms with Crippen molar-refractivity contribution in [2.45, 2.75) is 0 Å². The highest BCUT2D eigenvalue weighted by Crippen LogP contribution is 2.21. The first-order chi connectivity index (χ1) is 5.16. The number of benzene rings is 1. The van der Waals surface area contributed by atoms with E-state index in [1.165, 1.54) is 6.07 Å². The molecule has 1 aromatic carbocycles. The Morgan fingerprint density at radius 2 is 2.00 bits per heavy atom. The molecule has 0 aliphatic rings. The van der Waals surface area contributed by atoms with Gasteiger partial charge >= 0.3 is 0 Å². The van der Waals surface area contributed by atoms with Gasteiger partial charge in [-0.25, -0.2) is 8.78 Å². The van der Waals surface area contributed by atoms with E-state index in [2.05, 4.69) is 15.9 Å². The highest BCUT2D eigenvalue weighted by molar-refractivity contribution is 9.10. The Morgan fingerprint density at radius 1 is 1.36 bits per heavy atom. The molecule has 1 rings (SSSR count). The minimum absolute atomic E-state index is 0.0869. The molecule has 0 fully saturated rings. The van der Waals surface area contributed by atoms with Crippen LogP contribution in [0.3, 0.4) is 0 Å². The molecular weight excluding hydrogens is 216 g/mol. The van der Waals surface area contributed by atoms with Crippen LogP contribution in [0.1, 0.15) is 5.56 Å². The molecule has 0 N–H and O–H groups in total. The number of rotatable bonds is 0. The second-order valence-corrected chi connectivity index (χ2v) is 2.63. The maximum absolute atomic E-state index is 12.6. The zero-order chi connectivity index (χ0) is 8.43. The number of nitriles is 1. The van der Waals surface area contributed by atoms with Gasteiger partial charge in [0.15, 0.2) is 11.6 Å². The number of hydrogen-bond acceptors (Lipinski definition) is 1. The van der Waals surface area contributed by atoms with Gasteiger partial charge in [0.1, 0.15) is 6.07 Å². The Morgan fingerprint density at radius 3 is 2.55 bits per heavy atom. The average molecular weight is 218 g/mol. The van der Waals surface area contributed by atoms with E-state index in [0.717, 1.165) is 6.07 Å². The van der Waals surface area contributed by atoms with E-state index in [1.807, 2.05) is 0 Å². The second-order valence-electron chi connectivity index (χ2n) is 1.83. The third-order valence-corrected chi connectivity index (χ3v) is 1.93. The molecule has 0 aromatic heterocycles. The van der Waals surface area contributed by atoms with Crippen LogP contribution in [0, 0.1) is 23.0 Å². The predicted octanol–water partition coefficient (Wildman–Crippen LogP) is 2.60. The molecule has 1 aromatic rings. The molecule has 0 heterocycles. The lowest BCUT2D eigenvalue weighted by molar-refractivity contribution is 0.504. The van der Waals surface area contributed by atoms with E-state index < -0.39 is 11.6 Å². The normalized spacial score (nSPS) is 9.27.